The Balaban J connectivity index is 1.54. The average Bonchev–Trinajstić information content (AvgIpc) is 3.28. The molecule has 0 unspecified atom stereocenters. The molecule has 0 saturated heterocycles. The fourth-order valence-electron chi connectivity index (χ4n) is 3.57. The Hall–Kier alpha value is -3.05. The van der Waals surface area contributed by atoms with Gasteiger partial charge >= 0.3 is 0 Å². The summed E-state index contributed by atoms with van der Waals surface area (Å²) >= 11 is 0. The van der Waals surface area contributed by atoms with Crippen LogP contribution in [0.2, 0.25) is 0 Å². The third-order valence-corrected chi connectivity index (χ3v) is 5.99. The van der Waals surface area contributed by atoms with E-state index in [1.54, 1.807) is 23.0 Å². The summed E-state index contributed by atoms with van der Waals surface area (Å²) in [7, 11) is -1.42. The number of aromatic nitrogens is 5. The molecule has 0 spiro atoms. The molecule has 162 valence electrons. The number of rotatable bonds is 7. The molecule has 9 nitrogen and oxygen atoms in total. The SMILES string of the molecule is Cn1cnc2c(NC3CC3)nc3cc(-c4ccc(F)c(CCNS(C)(=O)=O)c4)nn3c21. The Kier molecular flexibility index (Phi) is 4.67. The van der Waals surface area contributed by atoms with Gasteiger partial charge in [-0.25, -0.2) is 27.5 Å². The first-order valence-electron chi connectivity index (χ1n) is 9.99. The van der Waals surface area contributed by atoms with Crippen LogP contribution < -0.4 is 10.0 Å². The number of fused-ring (bicyclic) bond motifs is 3. The van der Waals surface area contributed by atoms with Crippen LogP contribution in [0, 0.1) is 5.82 Å². The summed E-state index contributed by atoms with van der Waals surface area (Å²) in [6, 6.07) is 7.03. The monoisotopic (exact) mass is 443 g/mol. The average molecular weight is 444 g/mol. The second kappa shape index (κ2) is 7.27. The molecule has 1 aliphatic carbocycles. The molecule has 2 N–H and O–H groups in total. The molecule has 3 aromatic heterocycles. The van der Waals surface area contributed by atoms with E-state index in [9.17, 15) is 12.8 Å². The van der Waals surface area contributed by atoms with Crippen molar-refractivity contribution in [3.63, 3.8) is 0 Å². The molecule has 1 aliphatic rings. The number of hydrogen-bond donors (Lipinski definition) is 2. The minimum atomic E-state index is -3.33. The number of aryl methyl sites for hydroxylation is 1. The van der Waals surface area contributed by atoms with Crippen LogP contribution in [-0.4, -0.2) is 51.4 Å². The van der Waals surface area contributed by atoms with Gasteiger partial charge in [-0.15, -0.1) is 0 Å². The summed E-state index contributed by atoms with van der Waals surface area (Å²) in [4.78, 5) is 9.20. The van der Waals surface area contributed by atoms with Crippen LogP contribution in [0.5, 0.6) is 0 Å². The highest BCUT2D eigenvalue weighted by Gasteiger charge is 2.24. The van der Waals surface area contributed by atoms with Crippen molar-refractivity contribution in [1.82, 2.24) is 28.9 Å². The molecule has 11 heteroatoms. The number of imidazole rings is 1. The molecular formula is C20H22FN7O2S. The Morgan fingerprint density at radius 2 is 2.06 bits per heavy atom. The second-order valence-corrected chi connectivity index (χ2v) is 9.76. The van der Waals surface area contributed by atoms with E-state index in [1.807, 2.05) is 17.7 Å². The number of anilines is 1. The molecule has 1 saturated carbocycles. The summed E-state index contributed by atoms with van der Waals surface area (Å²) in [6.07, 6.45) is 5.29. The fraction of sp³-hybridized carbons (Fsp3) is 0.350. The van der Waals surface area contributed by atoms with Crippen molar-refractivity contribution in [2.75, 3.05) is 18.1 Å². The standard InChI is InChI=1S/C20H22FN7O2S/c1-27-11-22-18-19(24-14-4-5-14)25-17-10-16(26-28(17)20(18)27)13-3-6-15(21)12(9-13)7-8-23-31(2,29)30/h3,6,9-11,14,23H,4-5,7-8H2,1-2H3,(H,24,25). The maximum Gasteiger partial charge on any atom is 0.208 e. The highest BCUT2D eigenvalue weighted by molar-refractivity contribution is 7.88. The molecule has 0 aliphatic heterocycles. The third kappa shape index (κ3) is 3.98. The summed E-state index contributed by atoms with van der Waals surface area (Å²) in [6.45, 7) is 0.123. The van der Waals surface area contributed by atoms with Gasteiger partial charge in [0.25, 0.3) is 0 Å². The second-order valence-electron chi connectivity index (χ2n) is 7.93. The predicted octanol–water partition coefficient (Wildman–Crippen LogP) is 2.09. The molecule has 5 rings (SSSR count). The van der Waals surface area contributed by atoms with Gasteiger partial charge in [0.1, 0.15) is 5.82 Å². The van der Waals surface area contributed by atoms with Gasteiger partial charge in [-0.3, -0.25) is 0 Å². The van der Waals surface area contributed by atoms with Gasteiger partial charge in [-0.1, -0.05) is 0 Å². The van der Waals surface area contributed by atoms with E-state index in [4.69, 9.17) is 10.1 Å². The van der Waals surface area contributed by atoms with Gasteiger partial charge in [0.05, 0.1) is 18.3 Å². The maximum atomic E-state index is 14.3. The Labute approximate surface area is 178 Å². The number of nitrogens with zero attached hydrogens (tertiary/aromatic N) is 5. The van der Waals surface area contributed by atoms with Gasteiger partial charge < -0.3 is 9.88 Å². The number of halogens is 1. The van der Waals surface area contributed by atoms with Crippen molar-refractivity contribution in [3.05, 3.63) is 42.0 Å². The summed E-state index contributed by atoms with van der Waals surface area (Å²) in [5.74, 6) is 0.356. The van der Waals surface area contributed by atoms with Gasteiger partial charge in [0.15, 0.2) is 22.6 Å². The lowest BCUT2D eigenvalue weighted by atomic mass is 10.1. The molecule has 0 bridgehead atoms. The van der Waals surface area contributed by atoms with E-state index < -0.39 is 10.0 Å². The van der Waals surface area contributed by atoms with Crippen molar-refractivity contribution in [2.24, 2.45) is 7.05 Å². The van der Waals surface area contributed by atoms with Gasteiger partial charge in [0.2, 0.25) is 10.0 Å². The van der Waals surface area contributed by atoms with Crippen LogP contribution in [0.25, 0.3) is 28.1 Å². The Morgan fingerprint density at radius 1 is 1.26 bits per heavy atom. The zero-order valence-corrected chi connectivity index (χ0v) is 17.9. The largest absolute Gasteiger partial charge is 0.365 e. The summed E-state index contributed by atoms with van der Waals surface area (Å²) in [5.41, 5.74) is 4.03. The van der Waals surface area contributed by atoms with Crippen molar-refractivity contribution in [1.29, 1.82) is 0 Å². The van der Waals surface area contributed by atoms with Crippen molar-refractivity contribution >= 4 is 32.7 Å². The van der Waals surface area contributed by atoms with Crippen molar-refractivity contribution in [2.45, 2.75) is 25.3 Å². The molecule has 0 atom stereocenters. The van der Waals surface area contributed by atoms with Gasteiger partial charge in [-0.2, -0.15) is 9.61 Å². The molecule has 4 aromatic rings. The lowest BCUT2D eigenvalue weighted by molar-refractivity contribution is 0.583. The molecule has 1 aromatic carbocycles. The molecule has 1 fully saturated rings. The predicted molar refractivity (Wildman–Crippen MR) is 116 cm³/mol. The Morgan fingerprint density at radius 3 is 2.81 bits per heavy atom. The zero-order chi connectivity index (χ0) is 21.8. The number of nitrogens with one attached hydrogen (secondary N) is 2. The molecule has 0 radical (unpaired) electrons. The maximum absolute atomic E-state index is 14.3. The highest BCUT2D eigenvalue weighted by atomic mass is 32.2. The van der Waals surface area contributed by atoms with Crippen molar-refractivity contribution < 1.29 is 12.8 Å². The van der Waals surface area contributed by atoms with Crippen LogP contribution >= 0.6 is 0 Å². The van der Waals surface area contributed by atoms with E-state index in [2.05, 4.69) is 15.0 Å². The van der Waals surface area contributed by atoms with Crippen LogP contribution in [-0.2, 0) is 23.5 Å². The zero-order valence-electron chi connectivity index (χ0n) is 17.1. The quantitative estimate of drug-likeness (QED) is 0.453. The first-order valence-corrected chi connectivity index (χ1v) is 11.9. The fourth-order valence-corrected chi connectivity index (χ4v) is 4.05. The van der Waals surface area contributed by atoms with E-state index in [0.717, 1.165) is 41.6 Å². The topological polar surface area (TPSA) is 106 Å². The van der Waals surface area contributed by atoms with Gasteiger partial charge in [0, 0.05) is 31.3 Å². The van der Waals surface area contributed by atoms with Crippen LogP contribution in [0.4, 0.5) is 10.2 Å². The normalized spacial score (nSPS) is 14.5. The summed E-state index contributed by atoms with van der Waals surface area (Å²) < 4.78 is 42.8. The lowest BCUT2D eigenvalue weighted by Crippen LogP contribution is -2.24. The van der Waals surface area contributed by atoms with Crippen molar-refractivity contribution in [3.8, 4) is 11.3 Å². The van der Waals surface area contributed by atoms with E-state index in [-0.39, 0.29) is 18.8 Å². The summed E-state index contributed by atoms with van der Waals surface area (Å²) in [5, 5.41) is 8.13. The smallest absolute Gasteiger partial charge is 0.208 e. The molecule has 0 amide bonds. The number of sulfonamides is 1. The number of benzene rings is 1. The lowest BCUT2D eigenvalue weighted by Gasteiger charge is -2.06. The number of hydrogen-bond acceptors (Lipinski definition) is 6. The molecular weight excluding hydrogens is 421 g/mol. The van der Waals surface area contributed by atoms with E-state index in [0.29, 0.717) is 22.9 Å². The van der Waals surface area contributed by atoms with Crippen LogP contribution in [0.1, 0.15) is 18.4 Å². The van der Waals surface area contributed by atoms with Crippen LogP contribution in [0.3, 0.4) is 0 Å². The van der Waals surface area contributed by atoms with E-state index >= 15 is 0 Å². The van der Waals surface area contributed by atoms with Crippen LogP contribution in [0.15, 0.2) is 30.6 Å². The first-order chi connectivity index (χ1) is 14.8. The highest BCUT2D eigenvalue weighted by Crippen LogP contribution is 2.30. The van der Waals surface area contributed by atoms with Gasteiger partial charge in [-0.05, 0) is 43.0 Å². The molecule has 3 heterocycles. The minimum absolute atomic E-state index is 0.123. The first kappa shape index (κ1) is 19.9. The minimum Gasteiger partial charge on any atom is -0.365 e. The van der Waals surface area contributed by atoms with E-state index in [1.165, 1.54) is 6.07 Å². The third-order valence-electron chi connectivity index (χ3n) is 5.27. The molecule has 31 heavy (non-hydrogen) atoms. The Bertz CT molecular complexity index is 1410.